The van der Waals surface area contributed by atoms with Crippen LogP contribution in [0.25, 0.3) is 6.08 Å². The van der Waals surface area contributed by atoms with Crippen LogP contribution in [0.5, 0.6) is 11.5 Å². The summed E-state index contributed by atoms with van der Waals surface area (Å²) in [5.41, 5.74) is 1.43. The lowest BCUT2D eigenvalue weighted by Gasteiger charge is -2.15. The minimum absolute atomic E-state index is 0.165. The Hall–Kier alpha value is -2.20. The quantitative estimate of drug-likeness (QED) is 0.250. The van der Waals surface area contributed by atoms with E-state index in [1.165, 1.54) is 0 Å². The van der Waals surface area contributed by atoms with Gasteiger partial charge < -0.3 is 14.2 Å². The SMILES string of the molecule is CCOC(=O)CN1C(=O)S/C(=C/c2cc(Br)c(OCc3ccc(Cl)c(Cl)c3)c(OCC)c2)C1=O. The molecule has 11 heteroatoms. The summed E-state index contributed by atoms with van der Waals surface area (Å²) in [7, 11) is 0. The predicted molar refractivity (Wildman–Crippen MR) is 135 cm³/mol. The maximum atomic E-state index is 12.7. The zero-order chi connectivity index (χ0) is 24.8. The number of carbonyl (C=O) groups is 3. The third kappa shape index (κ3) is 6.47. The predicted octanol–water partition coefficient (Wildman–Crippen LogP) is 6.33. The second kappa shape index (κ2) is 12.0. The van der Waals surface area contributed by atoms with Crippen molar-refractivity contribution in [3.8, 4) is 11.5 Å². The summed E-state index contributed by atoms with van der Waals surface area (Å²) in [5.74, 6) is -0.276. The summed E-state index contributed by atoms with van der Waals surface area (Å²) in [6, 6.07) is 8.67. The number of rotatable bonds is 9. The van der Waals surface area contributed by atoms with Crippen LogP contribution in [-0.4, -0.2) is 41.8 Å². The number of hydrogen-bond donors (Lipinski definition) is 0. The van der Waals surface area contributed by atoms with Gasteiger partial charge in [0, 0.05) is 0 Å². The van der Waals surface area contributed by atoms with Crippen molar-refractivity contribution in [1.29, 1.82) is 0 Å². The van der Waals surface area contributed by atoms with Gasteiger partial charge in [0.15, 0.2) is 11.5 Å². The lowest BCUT2D eigenvalue weighted by atomic mass is 10.1. The summed E-state index contributed by atoms with van der Waals surface area (Å²) in [4.78, 5) is 37.6. The van der Waals surface area contributed by atoms with Gasteiger partial charge in [0.1, 0.15) is 13.2 Å². The number of esters is 1. The molecule has 2 aromatic carbocycles. The van der Waals surface area contributed by atoms with Crippen molar-refractivity contribution in [2.45, 2.75) is 20.5 Å². The van der Waals surface area contributed by atoms with Gasteiger partial charge in [-0.2, -0.15) is 0 Å². The molecule has 2 amide bonds. The molecule has 1 aliphatic rings. The maximum Gasteiger partial charge on any atom is 0.326 e. The second-order valence-electron chi connectivity index (χ2n) is 6.87. The van der Waals surface area contributed by atoms with Gasteiger partial charge in [0.05, 0.1) is 32.6 Å². The molecule has 0 bridgehead atoms. The van der Waals surface area contributed by atoms with Crippen LogP contribution < -0.4 is 9.47 Å². The highest BCUT2D eigenvalue weighted by atomic mass is 79.9. The highest BCUT2D eigenvalue weighted by molar-refractivity contribution is 9.10. The highest BCUT2D eigenvalue weighted by Crippen LogP contribution is 2.40. The molecule has 0 radical (unpaired) electrons. The Morgan fingerprint density at radius 3 is 2.53 bits per heavy atom. The normalized spacial score (nSPS) is 14.6. The molecule has 180 valence electrons. The van der Waals surface area contributed by atoms with E-state index >= 15 is 0 Å². The Kier molecular flexibility index (Phi) is 9.30. The average molecular weight is 589 g/mol. The molecule has 0 aliphatic carbocycles. The first-order valence-corrected chi connectivity index (χ1v) is 12.5. The summed E-state index contributed by atoms with van der Waals surface area (Å²) in [6.07, 6.45) is 1.56. The number of halogens is 3. The van der Waals surface area contributed by atoms with Gasteiger partial charge in [-0.25, -0.2) is 0 Å². The average Bonchev–Trinajstić information content (AvgIpc) is 3.03. The molecule has 34 heavy (non-hydrogen) atoms. The van der Waals surface area contributed by atoms with Gasteiger partial charge in [0.25, 0.3) is 11.1 Å². The summed E-state index contributed by atoms with van der Waals surface area (Å²) < 4.78 is 17.1. The van der Waals surface area contributed by atoms with Gasteiger partial charge in [-0.1, -0.05) is 29.3 Å². The summed E-state index contributed by atoms with van der Waals surface area (Å²) >= 11 is 16.3. The largest absolute Gasteiger partial charge is 0.490 e. The van der Waals surface area contributed by atoms with E-state index < -0.39 is 23.7 Å². The zero-order valence-electron chi connectivity index (χ0n) is 18.2. The van der Waals surface area contributed by atoms with E-state index in [0.717, 1.165) is 22.2 Å². The molecule has 0 aromatic heterocycles. The van der Waals surface area contributed by atoms with E-state index in [1.54, 1.807) is 37.3 Å². The van der Waals surface area contributed by atoms with E-state index in [9.17, 15) is 14.4 Å². The minimum Gasteiger partial charge on any atom is -0.490 e. The van der Waals surface area contributed by atoms with Crippen LogP contribution in [-0.2, 0) is 20.9 Å². The van der Waals surface area contributed by atoms with Gasteiger partial charge in [-0.05, 0) is 83.0 Å². The van der Waals surface area contributed by atoms with Crippen LogP contribution in [0.2, 0.25) is 10.0 Å². The van der Waals surface area contributed by atoms with Crippen LogP contribution in [0.4, 0.5) is 4.79 Å². The standard InChI is InChI=1S/C23H20BrCl2NO6S/c1-3-31-18-9-14(10-19-22(29)27(23(30)34-19)11-20(28)32-4-2)7-15(24)21(18)33-12-13-5-6-16(25)17(26)8-13/h5-10H,3-4,11-12H2,1-2H3/b19-10+. The third-order valence-electron chi connectivity index (χ3n) is 4.46. The highest BCUT2D eigenvalue weighted by Gasteiger charge is 2.36. The minimum atomic E-state index is -0.643. The smallest absolute Gasteiger partial charge is 0.326 e. The van der Waals surface area contributed by atoms with Crippen molar-refractivity contribution in [2.24, 2.45) is 0 Å². The third-order valence-corrected chi connectivity index (χ3v) is 6.70. The first-order valence-electron chi connectivity index (χ1n) is 10.2. The number of hydrogen-bond acceptors (Lipinski definition) is 7. The van der Waals surface area contributed by atoms with Crippen LogP contribution in [0.1, 0.15) is 25.0 Å². The number of benzene rings is 2. The number of ether oxygens (including phenoxy) is 3. The van der Waals surface area contributed by atoms with E-state index in [-0.39, 0.29) is 18.1 Å². The number of thioether (sulfide) groups is 1. The van der Waals surface area contributed by atoms with Crippen molar-refractivity contribution in [3.63, 3.8) is 0 Å². The molecule has 3 rings (SSSR count). The first-order chi connectivity index (χ1) is 16.2. The molecule has 0 saturated carbocycles. The van der Waals surface area contributed by atoms with E-state index in [0.29, 0.717) is 38.2 Å². The Morgan fingerprint density at radius 1 is 1.09 bits per heavy atom. The molecule has 7 nitrogen and oxygen atoms in total. The van der Waals surface area contributed by atoms with Gasteiger partial charge in [-0.15, -0.1) is 0 Å². The number of carbonyl (C=O) groups excluding carboxylic acids is 3. The van der Waals surface area contributed by atoms with Crippen molar-refractivity contribution >= 4 is 74.1 Å². The van der Waals surface area contributed by atoms with Crippen molar-refractivity contribution in [1.82, 2.24) is 4.90 Å². The fourth-order valence-corrected chi connectivity index (χ4v) is 4.72. The Balaban J connectivity index is 1.82. The van der Waals surface area contributed by atoms with E-state index in [1.807, 2.05) is 13.0 Å². The fourth-order valence-electron chi connectivity index (χ4n) is 2.98. The van der Waals surface area contributed by atoms with E-state index in [2.05, 4.69) is 15.9 Å². The Bertz CT molecular complexity index is 1160. The molecule has 0 spiro atoms. The molecule has 1 aliphatic heterocycles. The van der Waals surface area contributed by atoms with Crippen molar-refractivity contribution < 1.29 is 28.6 Å². The van der Waals surface area contributed by atoms with Crippen LogP contribution in [0.15, 0.2) is 39.7 Å². The molecule has 1 saturated heterocycles. The van der Waals surface area contributed by atoms with Crippen LogP contribution in [0, 0.1) is 0 Å². The Labute approximate surface area is 219 Å². The molecule has 0 unspecified atom stereocenters. The topological polar surface area (TPSA) is 82.1 Å². The summed E-state index contributed by atoms with van der Waals surface area (Å²) in [5, 5.41) is 0.353. The van der Waals surface area contributed by atoms with Gasteiger partial charge in [0.2, 0.25) is 0 Å². The molecule has 1 fully saturated rings. The van der Waals surface area contributed by atoms with E-state index in [4.69, 9.17) is 37.4 Å². The fraction of sp³-hybridized carbons (Fsp3) is 0.261. The monoisotopic (exact) mass is 587 g/mol. The number of nitrogens with zero attached hydrogens (tertiary/aromatic N) is 1. The molecule has 1 heterocycles. The van der Waals surface area contributed by atoms with Crippen LogP contribution >= 0.6 is 50.9 Å². The maximum absolute atomic E-state index is 12.7. The van der Waals surface area contributed by atoms with Gasteiger partial charge in [-0.3, -0.25) is 19.3 Å². The second-order valence-corrected chi connectivity index (χ2v) is 9.53. The lowest BCUT2D eigenvalue weighted by Crippen LogP contribution is -2.34. The Morgan fingerprint density at radius 2 is 1.85 bits per heavy atom. The van der Waals surface area contributed by atoms with Crippen LogP contribution in [0.3, 0.4) is 0 Å². The summed E-state index contributed by atoms with van der Waals surface area (Å²) in [6.45, 7) is 3.84. The number of amides is 2. The number of imide groups is 1. The lowest BCUT2D eigenvalue weighted by molar-refractivity contribution is -0.145. The molecule has 0 atom stereocenters. The van der Waals surface area contributed by atoms with Crippen molar-refractivity contribution in [3.05, 3.63) is 60.9 Å². The molecular formula is C23H20BrCl2NO6S. The van der Waals surface area contributed by atoms with Gasteiger partial charge >= 0.3 is 5.97 Å². The molecule has 2 aromatic rings. The molecular weight excluding hydrogens is 569 g/mol. The van der Waals surface area contributed by atoms with Crippen molar-refractivity contribution in [2.75, 3.05) is 19.8 Å². The molecule has 0 N–H and O–H groups in total. The zero-order valence-corrected chi connectivity index (χ0v) is 22.1. The first kappa shape index (κ1) is 26.4.